The molecule has 4 aliphatic carbocycles. The summed E-state index contributed by atoms with van der Waals surface area (Å²) in [5.74, 6) is 1.41. The normalized spacial score (nSPS) is 26.8. The summed E-state index contributed by atoms with van der Waals surface area (Å²) in [4.78, 5) is 23.3. The van der Waals surface area contributed by atoms with E-state index in [1.807, 2.05) is 12.1 Å². The van der Waals surface area contributed by atoms with Crippen LogP contribution < -0.4 is 26.0 Å². The van der Waals surface area contributed by atoms with Crippen LogP contribution in [0.1, 0.15) is 66.4 Å². The van der Waals surface area contributed by atoms with Crippen LogP contribution in [0.5, 0.6) is 5.75 Å². The Morgan fingerprint density at radius 1 is 1.06 bits per heavy atom. The molecule has 2 unspecified atom stereocenters. The lowest BCUT2D eigenvalue weighted by Gasteiger charge is -2.61. The van der Waals surface area contributed by atoms with E-state index >= 15 is 0 Å². The quantitative estimate of drug-likeness (QED) is 0.173. The molecule has 1 amide bonds. The molecule has 5 N–H and O–H groups in total. The molecule has 5 fully saturated rings. The van der Waals surface area contributed by atoms with Gasteiger partial charge < -0.3 is 31.1 Å². The number of amides is 1. The van der Waals surface area contributed by atoms with Gasteiger partial charge in [-0.3, -0.25) is 9.69 Å². The lowest BCUT2D eigenvalue weighted by Crippen LogP contribution is -2.62. The lowest BCUT2D eigenvalue weighted by atomic mass is 9.52. The molecule has 1 aliphatic heterocycles. The van der Waals surface area contributed by atoms with E-state index in [0.717, 1.165) is 57.1 Å². The van der Waals surface area contributed by atoms with Crippen LogP contribution in [-0.4, -0.2) is 70.8 Å². The number of likely N-dealkylation sites (tertiary alicyclic amines) is 1. The highest BCUT2D eigenvalue weighted by Crippen LogP contribution is 2.57. The van der Waals surface area contributed by atoms with Gasteiger partial charge in [0.1, 0.15) is 17.1 Å². The van der Waals surface area contributed by atoms with Crippen molar-refractivity contribution in [1.29, 1.82) is 0 Å². The number of benzene rings is 2. The Bertz CT molecular complexity index is 1700. The monoisotopic (exact) mass is 679 g/mol. The summed E-state index contributed by atoms with van der Waals surface area (Å²) in [6.07, 6.45) is 3.47. The summed E-state index contributed by atoms with van der Waals surface area (Å²) in [7, 11) is 2.99. The third kappa shape index (κ3) is 6.74. The van der Waals surface area contributed by atoms with Crippen molar-refractivity contribution in [3.63, 3.8) is 0 Å². The predicted molar refractivity (Wildman–Crippen MR) is 182 cm³/mol. The molecule has 0 spiro atoms. The average Bonchev–Trinajstić information content (AvgIpc) is 3.05. The number of halogens is 3. The summed E-state index contributed by atoms with van der Waals surface area (Å²) >= 11 is 0. The topological polar surface area (TPSA) is 124 Å². The number of rotatable bonds is 9. The van der Waals surface area contributed by atoms with E-state index in [1.165, 1.54) is 33.1 Å². The second-order valence-electron chi connectivity index (χ2n) is 14.3. The smallest absolute Gasteiger partial charge is 0.421 e. The maximum atomic E-state index is 14.0. The van der Waals surface area contributed by atoms with Crippen molar-refractivity contribution >= 4 is 34.7 Å². The van der Waals surface area contributed by atoms with Gasteiger partial charge in [-0.1, -0.05) is 12.1 Å². The van der Waals surface area contributed by atoms with Crippen molar-refractivity contribution in [2.45, 2.75) is 75.7 Å². The van der Waals surface area contributed by atoms with Crippen molar-refractivity contribution in [2.75, 3.05) is 43.2 Å². The third-order valence-corrected chi connectivity index (χ3v) is 11.0. The molecule has 13 heteroatoms. The maximum Gasteiger partial charge on any atom is 0.421 e. The van der Waals surface area contributed by atoms with E-state index < -0.39 is 29.1 Å². The number of anilines is 5. The molecule has 49 heavy (non-hydrogen) atoms. The van der Waals surface area contributed by atoms with Gasteiger partial charge in [0.2, 0.25) is 5.95 Å². The number of hydrogen-bond donors (Lipinski definition) is 5. The van der Waals surface area contributed by atoms with E-state index in [9.17, 15) is 23.1 Å². The molecule has 0 radical (unpaired) electrons. The second kappa shape index (κ2) is 13.0. The van der Waals surface area contributed by atoms with E-state index in [0.29, 0.717) is 46.8 Å². The van der Waals surface area contributed by atoms with E-state index in [-0.39, 0.29) is 17.2 Å². The molecule has 2 heterocycles. The third-order valence-electron chi connectivity index (χ3n) is 11.0. The van der Waals surface area contributed by atoms with Gasteiger partial charge >= 0.3 is 6.18 Å². The maximum absolute atomic E-state index is 14.0. The Balaban J connectivity index is 1.03. The number of carbonyl (C=O) groups excluding carboxylic acids is 1. The number of aliphatic hydroxyl groups is 1. The van der Waals surface area contributed by atoms with Crippen LogP contribution in [0.4, 0.5) is 42.0 Å². The van der Waals surface area contributed by atoms with Crippen molar-refractivity contribution in [3.8, 4) is 5.75 Å². The van der Waals surface area contributed by atoms with Crippen molar-refractivity contribution in [2.24, 2.45) is 17.8 Å². The highest BCUT2D eigenvalue weighted by molar-refractivity contribution is 6.00. The van der Waals surface area contributed by atoms with Gasteiger partial charge in [0.15, 0.2) is 0 Å². The van der Waals surface area contributed by atoms with E-state index in [1.54, 1.807) is 25.1 Å². The van der Waals surface area contributed by atoms with E-state index in [2.05, 4.69) is 36.1 Å². The number of ether oxygens (including phenoxy) is 1. The minimum atomic E-state index is -4.74. The zero-order chi connectivity index (χ0) is 34.5. The Morgan fingerprint density at radius 3 is 2.45 bits per heavy atom. The SMILES string of the molecule is CNC(=O)c1cccc(C)c1Nc1nc(Nc2ccc(NC3CCN([C@H]4C5CC6CC4C[C@](O)(C6)C5)CC3)cc2OC)ncc1C(F)(F)F. The minimum Gasteiger partial charge on any atom is -0.494 e. The summed E-state index contributed by atoms with van der Waals surface area (Å²) in [5, 5.41) is 22.9. The number of aromatic nitrogens is 2. The fraction of sp³-hybridized carbons (Fsp3) is 0.528. The van der Waals surface area contributed by atoms with Gasteiger partial charge in [0, 0.05) is 50.2 Å². The van der Waals surface area contributed by atoms with Gasteiger partial charge in [0.25, 0.3) is 5.91 Å². The molecule has 8 rings (SSSR count). The first-order valence-corrected chi connectivity index (χ1v) is 17.1. The molecule has 1 aromatic heterocycles. The highest BCUT2D eigenvalue weighted by atomic mass is 19.4. The zero-order valence-electron chi connectivity index (χ0n) is 28.0. The van der Waals surface area contributed by atoms with Crippen molar-refractivity contribution in [3.05, 3.63) is 59.3 Å². The first kappa shape index (κ1) is 33.4. The molecule has 3 aromatic rings. The fourth-order valence-electron chi connectivity index (χ4n) is 9.15. The van der Waals surface area contributed by atoms with Crippen LogP contribution in [0.25, 0.3) is 0 Å². The molecule has 5 aliphatic rings. The Kier molecular flexibility index (Phi) is 8.85. The summed E-state index contributed by atoms with van der Waals surface area (Å²) in [6.45, 7) is 3.76. The number of carbonyl (C=O) groups is 1. The number of methoxy groups -OCH3 is 1. The predicted octanol–water partition coefficient (Wildman–Crippen LogP) is 6.48. The van der Waals surface area contributed by atoms with Crippen LogP contribution in [0.3, 0.4) is 0 Å². The number of piperidine rings is 1. The first-order valence-electron chi connectivity index (χ1n) is 17.1. The standard InChI is InChI=1S/C36H44F3N7O3/c1-20-5-4-6-26(33(47)40-2)30(20)44-32-27(36(37,38)39)19-41-34(45-32)43-28-8-7-25(15-29(28)49-3)42-24-9-11-46(12-10-24)31-22-13-21-14-23(31)18-35(48,16-21)17-22/h4-8,15,19,21-24,31,42,48H,9-14,16-18H2,1-3H3,(H,40,47)(H2,41,43,44,45)/t21?,22?,23?,31-,35-. The van der Waals surface area contributed by atoms with Crippen LogP contribution in [0, 0.1) is 24.7 Å². The number of para-hydroxylation sites is 1. The zero-order valence-corrected chi connectivity index (χ0v) is 28.0. The molecular weight excluding hydrogens is 635 g/mol. The van der Waals surface area contributed by atoms with Crippen LogP contribution in [0.2, 0.25) is 0 Å². The average molecular weight is 680 g/mol. The van der Waals surface area contributed by atoms with E-state index in [4.69, 9.17) is 4.74 Å². The number of aryl methyl sites for hydroxylation is 1. The number of alkyl halides is 3. The molecule has 4 saturated carbocycles. The van der Waals surface area contributed by atoms with Crippen molar-refractivity contribution in [1.82, 2.24) is 20.2 Å². The summed E-state index contributed by atoms with van der Waals surface area (Å²) in [6, 6.07) is 11.3. The molecule has 262 valence electrons. The minimum absolute atomic E-state index is 0.0751. The Hall–Kier alpha value is -4.10. The van der Waals surface area contributed by atoms with Gasteiger partial charge in [-0.25, -0.2) is 4.98 Å². The van der Waals surface area contributed by atoms with Gasteiger partial charge in [0.05, 0.1) is 29.6 Å². The lowest BCUT2D eigenvalue weighted by molar-refractivity contribution is -0.161. The van der Waals surface area contributed by atoms with Gasteiger partial charge in [-0.05, 0) is 93.4 Å². The molecule has 10 nitrogen and oxygen atoms in total. The van der Waals surface area contributed by atoms with Crippen LogP contribution >= 0.6 is 0 Å². The van der Waals surface area contributed by atoms with Gasteiger partial charge in [-0.15, -0.1) is 0 Å². The highest BCUT2D eigenvalue weighted by Gasteiger charge is 2.56. The molecular formula is C36H44F3N7O3. The molecule has 2 aromatic carbocycles. The molecule has 1 saturated heterocycles. The van der Waals surface area contributed by atoms with Crippen LogP contribution in [-0.2, 0) is 6.18 Å². The summed E-state index contributed by atoms with van der Waals surface area (Å²) < 4.78 is 47.7. The van der Waals surface area contributed by atoms with Gasteiger partial charge in [-0.2, -0.15) is 18.2 Å². The number of nitrogens with one attached hydrogen (secondary N) is 4. The number of nitrogens with zero attached hydrogens (tertiary/aromatic N) is 3. The Morgan fingerprint density at radius 2 is 1.80 bits per heavy atom. The number of hydrogen-bond acceptors (Lipinski definition) is 9. The molecule has 4 bridgehead atoms. The molecule has 2 atom stereocenters. The van der Waals surface area contributed by atoms with Crippen LogP contribution in [0.15, 0.2) is 42.6 Å². The first-order chi connectivity index (χ1) is 23.4. The van der Waals surface area contributed by atoms with Crippen molar-refractivity contribution < 1.29 is 27.8 Å². The Labute approximate surface area is 284 Å². The second-order valence-corrected chi connectivity index (χ2v) is 14.3. The largest absolute Gasteiger partial charge is 0.494 e. The fourth-order valence-corrected chi connectivity index (χ4v) is 9.15. The summed E-state index contributed by atoms with van der Waals surface area (Å²) in [5.41, 5.74) is 0.865.